The predicted octanol–water partition coefficient (Wildman–Crippen LogP) is 3.45. The maximum absolute atomic E-state index is 4.89. The highest BCUT2D eigenvalue weighted by Gasteiger charge is 2.47. The van der Waals surface area contributed by atoms with Crippen molar-refractivity contribution in [1.29, 1.82) is 0 Å². The number of nitrogens with zero attached hydrogens (tertiary/aromatic N) is 2. The van der Waals surface area contributed by atoms with Crippen molar-refractivity contribution in [2.24, 2.45) is 5.92 Å². The molecule has 5 heterocycles. The number of rotatable bonds is 2. The zero-order valence-corrected chi connectivity index (χ0v) is 21.1. The van der Waals surface area contributed by atoms with Gasteiger partial charge in [0.15, 0.2) is 0 Å². The van der Waals surface area contributed by atoms with Crippen LogP contribution in [0.2, 0.25) is 0 Å². The Morgan fingerprint density at radius 1 is 0.971 bits per heavy atom. The van der Waals surface area contributed by atoms with Gasteiger partial charge < -0.3 is 26.9 Å². The van der Waals surface area contributed by atoms with E-state index in [1.54, 1.807) is 11.1 Å². The molecule has 7 rings (SSSR count). The van der Waals surface area contributed by atoms with Crippen LogP contribution in [0.5, 0.6) is 0 Å². The van der Waals surface area contributed by atoms with Crippen molar-refractivity contribution >= 4 is 32.7 Å². The summed E-state index contributed by atoms with van der Waals surface area (Å²) in [6.45, 7) is 4.56. The molecule has 5 aromatic rings. The summed E-state index contributed by atoms with van der Waals surface area (Å²) >= 11 is 0. The molecule has 0 unspecified atom stereocenters. The van der Waals surface area contributed by atoms with Crippen LogP contribution in [-0.2, 0) is 12.8 Å². The molecule has 3 aromatic heterocycles. The van der Waals surface area contributed by atoms with Crippen LogP contribution < -0.4 is 12.4 Å². The smallest absolute Gasteiger partial charge is 0.131 e. The fourth-order valence-corrected chi connectivity index (χ4v) is 6.90. The number of fused-ring (bicyclic) bond motifs is 8. The number of allylic oxidation sites excluding steroid dienone is 1. The molecular formula is C30H31ClN4. The Morgan fingerprint density at radius 3 is 2.51 bits per heavy atom. The molecule has 2 aliphatic rings. The van der Waals surface area contributed by atoms with Crippen molar-refractivity contribution in [3.8, 4) is 0 Å². The Kier molecular flexibility index (Phi) is 5.28. The third-order valence-electron chi connectivity index (χ3n) is 8.70. The molecule has 0 radical (unpaired) electrons. The van der Waals surface area contributed by atoms with Gasteiger partial charge in [0.2, 0.25) is 0 Å². The van der Waals surface area contributed by atoms with Gasteiger partial charge in [0.1, 0.15) is 12.6 Å². The highest BCUT2D eigenvalue weighted by Crippen LogP contribution is 2.47. The molecule has 2 aliphatic heterocycles. The third-order valence-corrected chi connectivity index (χ3v) is 8.70. The second-order valence-electron chi connectivity index (χ2n) is 10.5. The number of benzene rings is 2. The maximum Gasteiger partial charge on any atom is 0.131 e. The summed E-state index contributed by atoms with van der Waals surface area (Å²) in [5.41, 5.74) is 9.51. The Morgan fingerprint density at radius 2 is 1.71 bits per heavy atom. The van der Waals surface area contributed by atoms with E-state index in [4.69, 9.17) is 4.98 Å². The number of hydrogen-bond donors (Lipinski definition) is 2. The maximum atomic E-state index is 4.89. The van der Waals surface area contributed by atoms with Crippen LogP contribution in [-0.4, -0.2) is 39.6 Å². The fraction of sp³-hybridized carbons (Fsp3) is 0.300. The second-order valence-corrected chi connectivity index (χ2v) is 10.5. The van der Waals surface area contributed by atoms with E-state index in [2.05, 4.69) is 84.6 Å². The molecule has 2 N–H and O–H groups in total. The van der Waals surface area contributed by atoms with E-state index in [0.29, 0.717) is 12.0 Å². The van der Waals surface area contributed by atoms with E-state index >= 15 is 0 Å². The van der Waals surface area contributed by atoms with Crippen LogP contribution >= 0.6 is 0 Å². The first-order valence-corrected chi connectivity index (χ1v) is 12.6. The Hall–Kier alpha value is -3.08. The van der Waals surface area contributed by atoms with Crippen molar-refractivity contribution in [2.45, 2.75) is 32.2 Å². The second kappa shape index (κ2) is 8.25. The van der Waals surface area contributed by atoms with Crippen molar-refractivity contribution in [2.75, 3.05) is 20.1 Å². The van der Waals surface area contributed by atoms with Crippen molar-refractivity contribution in [1.82, 2.24) is 15.0 Å². The standard InChI is InChI=1S/C30H31N4.ClH/c1-3-19-18-34(2)15-13-24-22-9-5-7-11-26(22)33-30(24)28(34)17-20(19)16-27-29-23(12-14-31-27)21-8-4-6-10-25(21)32-29;/h3-12,14,20,28,32-33H,13,15-18H2,1-2H3;1H/q+1;/p-1/b19-3-;/t20-,28-,34-;/m0./s1. The van der Waals surface area contributed by atoms with Gasteiger partial charge in [-0.05, 0) is 48.6 Å². The number of pyridine rings is 1. The van der Waals surface area contributed by atoms with E-state index in [0.717, 1.165) is 30.3 Å². The van der Waals surface area contributed by atoms with Gasteiger partial charge >= 0.3 is 0 Å². The molecule has 5 heteroatoms. The predicted molar refractivity (Wildman–Crippen MR) is 140 cm³/mol. The molecule has 4 nitrogen and oxygen atoms in total. The molecule has 1 saturated heterocycles. The van der Waals surface area contributed by atoms with Gasteiger partial charge in [-0.2, -0.15) is 0 Å². The quantitative estimate of drug-likeness (QED) is 0.294. The van der Waals surface area contributed by atoms with E-state index < -0.39 is 0 Å². The minimum atomic E-state index is 0. The summed E-state index contributed by atoms with van der Waals surface area (Å²) in [7, 11) is 2.47. The first-order valence-electron chi connectivity index (χ1n) is 12.6. The highest BCUT2D eigenvalue weighted by molar-refractivity contribution is 6.07. The first-order chi connectivity index (χ1) is 16.6. The summed E-state index contributed by atoms with van der Waals surface area (Å²) in [5, 5.41) is 3.99. The largest absolute Gasteiger partial charge is 1.00 e. The minimum Gasteiger partial charge on any atom is -1.00 e. The van der Waals surface area contributed by atoms with Crippen molar-refractivity contribution < 1.29 is 16.9 Å². The number of aromatic nitrogens is 3. The number of likely N-dealkylation sites (N-methyl/N-ethyl adjacent to an activating group) is 1. The zero-order chi connectivity index (χ0) is 22.9. The van der Waals surface area contributed by atoms with Gasteiger partial charge in [0, 0.05) is 46.2 Å². The SMILES string of the molecule is C/C=C1/C[N@+]2(C)CCc3c([nH]c4ccccc34)[C@@H]2C[C@@H]1Cc1nccc2c1[nH]c1ccccc12.[Cl-]. The lowest BCUT2D eigenvalue weighted by molar-refractivity contribution is -0.942. The minimum absolute atomic E-state index is 0. The van der Waals surface area contributed by atoms with E-state index in [1.807, 2.05) is 6.20 Å². The van der Waals surface area contributed by atoms with E-state index in [1.165, 1.54) is 50.6 Å². The summed E-state index contributed by atoms with van der Waals surface area (Å²) < 4.78 is 1.11. The molecule has 1 fully saturated rings. The van der Waals surface area contributed by atoms with E-state index in [-0.39, 0.29) is 12.4 Å². The topological polar surface area (TPSA) is 44.5 Å². The molecular weight excluding hydrogens is 452 g/mol. The Balaban J connectivity index is 0.00000229. The van der Waals surface area contributed by atoms with Gasteiger partial charge in [0.25, 0.3) is 0 Å². The summed E-state index contributed by atoms with van der Waals surface area (Å²) in [6, 6.07) is 20.1. The molecule has 35 heavy (non-hydrogen) atoms. The van der Waals surface area contributed by atoms with Crippen LogP contribution in [0.25, 0.3) is 32.7 Å². The van der Waals surface area contributed by atoms with E-state index in [9.17, 15) is 0 Å². The molecule has 178 valence electrons. The summed E-state index contributed by atoms with van der Waals surface area (Å²) in [4.78, 5) is 12.4. The molecule has 0 aliphatic carbocycles. The number of H-pyrrole nitrogens is 2. The van der Waals surface area contributed by atoms with Crippen LogP contribution in [0.1, 0.15) is 36.3 Å². The number of quaternary nitrogens is 1. The van der Waals surface area contributed by atoms with Gasteiger partial charge in [-0.25, -0.2) is 0 Å². The van der Waals surface area contributed by atoms with Crippen LogP contribution in [0.15, 0.2) is 72.4 Å². The Labute approximate surface area is 212 Å². The fourth-order valence-electron chi connectivity index (χ4n) is 6.90. The lowest BCUT2D eigenvalue weighted by atomic mass is 9.78. The molecule has 0 spiro atoms. The lowest BCUT2D eigenvalue weighted by Gasteiger charge is -2.50. The molecule has 0 saturated carbocycles. The molecule has 0 bridgehead atoms. The number of nitrogens with one attached hydrogen (secondary N) is 2. The lowest BCUT2D eigenvalue weighted by Crippen LogP contribution is -3.00. The van der Waals surface area contributed by atoms with Gasteiger partial charge in [-0.3, -0.25) is 4.98 Å². The number of aromatic amines is 2. The average molecular weight is 483 g/mol. The molecule has 0 amide bonds. The zero-order valence-electron chi connectivity index (χ0n) is 20.3. The monoisotopic (exact) mass is 482 g/mol. The summed E-state index contributed by atoms with van der Waals surface area (Å²) in [6.07, 6.45) is 7.68. The van der Waals surface area contributed by atoms with Gasteiger partial charge in [0.05, 0.1) is 30.5 Å². The normalized spacial score (nSPS) is 25.0. The molecule has 2 aromatic carbocycles. The summed E-state index contributed by atoms with van der Waals surface area (Å²) in [5.74, 6) is 0.503. The molecule has 3 atom stereocenters. The van der Waals surface area contributed by atoms with Crippen LogP contribution in [0.3, 0.4) is 0 Å². The van der Waals surface area contributed by atoms with Crippen molar-refractivity contribution in [3.63, 3.8) is 0 Å². The van der Waals surface area contributed by atoms with Gasteiger partial charge in [-0.1, -0.05) is 42.5 Å². The number of para-hydroxylation sites is 2. The highest BCUT2D eigenvalue weighted by atomic mass is 35.5. The van der Waals surface area contributed by atoms with Crippen LogP contribution in [0, 0.1) is 5.92 Å². The first kappa shape index (κ1) is 22.4. The third kappa shape index (κ3) is 3.35. The van der Waals surface area contributed by atoms with Crippen molar-refractivity contribution in [3.05, 3.63) is 89.4 Å². The number of hydrogen-bond acceptors (Lipinski definition) is 1. The Bertz CT molecular complexity index is 1590. The van der Waals surface area contributed by atoms with Gasteiger partial charge in [-0.15, -0.1) is 0 Å². The number of halogens is 1. The average Bonchev–Trinajstić information content (AvgIpc) is 3.43. The van der Waals surface area contributed by atoms with Crippen LogP contribution in [0.4, 0.5) is 0 Å². The number of piperidine rings is 1.